The minimum absolute atomic E-state index is 0.337. The van der Waals surface area contributed by atoms with Crippen LogP contribution in [0.4, 0.5) is 0 Å². The van der Waals surface area contributed by atoms with Crippen molar-refractivity contribution < 1.29 is 15.0 Å². The molecule has 170 valence electrons. The van der Waals surface area contributed by atoms with Crippen LogP contribution in [0.3, 0.4) is 0 Å². The summed E-state index contributed by atoms with van der Waals surface area (Å²) in [5, 5.41) is 17.1. The van der Waals surface area contributed by atoms with Crippen molar-refractivity contribution in [1.29, 1.82) is 0 Å². The topological polar surface area (TPSA) is 72.8 Å². The second-order valence-corrected chi connectivity index (χ2v) is 7.33. The number of nitrogens with one attached hydrogen (secondary N) is 1. The zero-order valence-corrected chi connectivity index (χ0v) is 21.1. The van der Waals surface area contributed by atoms with Crippen molar-refractivity contribution in [2.45, 2.75) is 91.9 Å². The normalized spacial score (nSPS) is 15.1. The van der Waals surface area contributed by atoms with Crippen LogP contribution in [0.1, 0.15) is 80.6 Å². The van der Waals surface area contributed by atoms with Gasteiger partial charge in [0.2, 0.25) is 5.91 Å². The van der Waals surface area contributed by atoms with Gasteiger partial charge in [0.05, 0.1) is 0 Å². The third-order valence-electron chi connectivity index (χ3n) is 2.77. The van der Waals surface area contributed by atoms with E-state index in [-0.39, 0.29) is 0 Å². The largest absolute Gasteiger partial charge is 0.400 e. The van der Waals surface area contributed by atoms with Crippen LogP contribution in [-0.2, 0) is 4.79 Å². The summed E-state index contributed by atoms with van der Waals surface area (Å²) < 4.78 is 0. The van der Waals surface area contributed by atoms with Gasteiger partial charge in [0.25, 0.3) is 0 Å². The van der Waals surface area contributed by atoms with Crippen LogP contribution in [0, 0.1) is 5.92 Å². The molecule has 2 atom stereocenters. The maximum absolute atomic E-state index is 11.7. The molecule has 0 aromatic heterocycles. The highest BCUT2D eigenvalue weighted by atomic mass is 32.1. The summed E-state index contributed by atoms with van der Waals surface area (Å²) in [6, 6.07) is 0.460. The molecule has 0 saturated carbocycles. The summed E-state index contributed by atoms with van der Waals surface area (Å²) in [7, 11) is 5.75. The Hall–Kier alpha value is -0.300. The molecule has 1 saturated heterocycles. The van der Waals surface area contributed by atoms with Crippen LogP contribution in [0.2, 0.25) is 0 Å². The second-order valence-electron chi connectivity index (χ2n) is 6.45. The van der Waals surface area contributed by atoms with Gasteiger partial charge in [-0.05, 0) is 45.7 Å². The standard InChI is InChI=1S/C11H21NOS.C4H10.C2H7N.C2H6.2CH4O/c1-3-5-11(13)12-7-4-6-10(12)8-9(2)14;1-4(2)3;1-3-2;3*1-2/h9-10,14H,3-8H2,1-2H3;4H,1-3H3;3H,1-2H3;1-2H3;2*2H,1H3/t9-,10?;;;;;/m1...../s1. The van der Waals surface area contributed by atoms with Crippen molar-refractivity contribution in [2.75, 3.05) is 34.9 Å². The highest BCUT2D eigenvalue weighted by molar-refractivity contribution is 7.80. The van der Waals surface area contributed by atoms with Crippen molar-refractivity contribution in [3.63, 3.8) is 0 Å². The molecule has 0 spiro atoms. The van der Waals surface area contributed by atoms with E-state index in [1.807, 2.05) is 27.9 Å². The minimum Gasteiger partial charge on any atom is -0.400 e. The van der Waals surface area contributed by atoms with Crippen molar-refractivity contribution in [3.05, 3.63) is 0 Å². The van der Waals surface area contributed by atoms with Crippen LogP contribution >= 0.6 is 12.6 Å². The van der Waals surface area contributed by atoms with Crippen molar-refractivity contribution >= 4 is 18.5 Å². The first kappa shape index (κ1) is 37.5. The quantitative estimate of drug-likeness (QED) is 0.522. The SMILES string of the molecule is CC.CC(C)C.CCCC(=O)N1CCCC1C[C@@H](C)S.CNC.CO.CO. The molecule has 1 fully saturated rings. The maximum Gasteiger partial charge on any atom is 0.222 e. The first-order valence-corrected chi connectivity index (χ1v) is 10.8. The van der Waals surface area contributed by atoms with E-state index >= 15 is 0 Å². The van der Waals surface area contributed by atoms with Gasteiger partial charge in [-0.2, -0.15) is 12.6 Å². The lowest BCUT2D eigenvalue weighted by molar-refractivity contribution is -0.132. The number of rotatable bonds is 4. The van der Waals surface area contributed by atoms with E-state index in [9.17, 15) is 4.79 Å². The number of likely N-dealkylation sites (tertiary alicyclic amines) is 1. The lowest BCUT2D eigenvalue weighted by Gasteiger charge is -2.25. The highest BCUT2D eigenvalue weighted by Gasteiger charge is 2.28. The van der Waals surface area contributed by atoms with Gasteiger partial charge in [0, 0.05) is 38.5 Å². The molecule has 1 unspecified atom stereocenters. The summed E-state index contributed by atoms with van der Waals surface area (Å²) in [5.74, 6) is 1.17. The third-order valence-corrected chi connectivity index (χ3v) is 2.99. The number of carbonyl (C=O) groups is 1. The number of thiol groups is 1. The van der Waals surface area contributed by atoms with Gasteiger partial charge in [-0.3, -0.25) is 4.79 Å². The molecule has 0 radical (unpaired) electrons. The number of aliphatic hydroxyl groups excluding tert-OH is 2. The third kappa shape index (κ3) is 33.7. The van der Waals surface area contributed by atoms with Crippen LogP contribution in [0.25, 0.3) is 0 Å². The number of hydrogen-bond donors (Lipinski definition) is 4. The molecule has 1 rings (SSSR count). The molecular formula is C21H52N2O3S. The van der Waals surface area contributed by atoms with Crippen LogP contribution < -0.4 is 5.32 Å². The minimum atomic E-state index is 0.337. The van der Waals surface area contributed by atoms with Gasteiger partial charge in [-0.1, -0.05) is 48.5 Å². The van der Waals surface area contributed by atoms with E-state index in [0.29, 0.717) is 23.6 Å². The average Bonchev–Trinajstić information content (AvgIpc) is 3.08. The van der Waals surface area contributed by atoms with Crippen molar-refractivity contribution in [3.8, 4) is 0 Å². The van der Waals surface area contributed by atoms with Gasteiger partial charge in [0.1, 0.15) is 0 Å². The maximum atomic E-state index is 11.7. The van der Waals surface area contributed by atoms with Gasteiger partial charge in [-0.15, -0.1) is 0 Å². The molecule has 0 aliphatic carbocycles. The summed E-state index contributed by atoms with van der Waals surface area (Å²) in [6.07, 6.45) is 5.04. The molecular weight excluding hydrogens is 360 g/mol. The Balaban J connectivity index is -0.000000103. The van der Waals surface area contributed by atoms with Gasteiger partial charge in [0.15, 0.2) is 0 Å². The predicted octanol–water partition coefficient (Wildman–Crippen LogP) is 4.23. The number of amides is 1. The molecule has 5 nitrogen and oxygen atoms in total. The van der Waals surface area contributed by atoms with Crippen molar-refractivity contribution in [2.24, 2.45) is 5.92 Å². The fraction of sp³-hybridized carbons (Fsp3) is 0.952. The fourth-order valence-electron chi connectivity index (χ4n) is 2.16. The van der Waals surface area contributed by atoms with Crippen LogP contribution in [0.15, 0.2) is 0 Å². The van der Waals surface area contributed by atoms with E-state index < -0.39 is 0 Å². The fourth-order valence-corrected chi connectivity index (χ4v) is 2.40. The monoisotopic (exact) mass is 412 g/mol. The Bertz CT molecular complexity index is 251. The molecule has 0 aromatic rings. The summed E-state index contributed by atoms with van der Waals surface area (Å²) in [4.78, 5) is 13.8. The molecule has 1 aliphatic rings. The predicted molar refractivity (Wildman–Crippen MR) is 126 cm³/mol. The Morgan fingerprint density at radius 1 is 1.11 bits per heavy atom. The molecule has 0 aromatic carbocycles. The molecule has 0 bridgehead atoms. The average molecular weight is 413 g/mol. The molecule has 1 aliphatic heterocycles. The first-order valence-electron chi connectivity index (χ1n) is 10.2. The number of aliphatic hydroxyl groups is 2. The van der Waals surface area contributed by atoms with Gasteiger partial charge < -0.3 is 20.4 Å². The number of carbonyl (C=O) groups excluding carboxylic acids is 1. The Morgan fingerprint density at radius 3 is 1.78 bits per heavy atom. The Kier molecular flexibility index (Phi) is 46.2. The Labute approximate surface area is 176 Å². The zero-order chi connectivity index (χ0) is 22.8. The number of nitrogens with zero attached hydrogens (tertiary/aromatic N) is 1. The lowest BCUT2D eigenvalue weighted by atomic mass is 10.1. The smallest absolute Gasteiger partial charge is 0.222 e. The van der Waals surface area contributed by atoms with Crippen molar-refractivity contribution in [1.82, 2.24) is 10.2 Å². The second kappa shape index (κ2) is 33.3. The van der Waals surface area contributed by atoms with Gasteiger partial charge >= 0.3 is 0 Å². The van der Waals surface area contributed by atoms with Gasteiger partial charge in [-0.25, -0.2) is 0 Å². The Morgan fingerprint density at radius 2 is 1.48 bits per heavy atom. The van der Waals surface area contributed by atoms with Crippen LogP contribution in [0.5, 0.6) is 0 Å². The molecule has 27 heavy (non-hydrogen) atoms. The molecule has 3 N–H and O–H groups in total. The van der Waals surface area contributed by atoms with E-state index in [1.54, 1.807) is 0 Å². The summed E-state index contributed by atoms with van der Waals surface area (Å²) >= 11 is 4.40. The number of hydrogen-bond acceptors (Lipinski definition) is 5. The van der Waals surface area contributed by atoms with E-state index in [0.717, 1.165) is 39.5 Å². The zero-order valence-electron chi connectivity index (χ0n) is 20.2. The van der Waals surface area contributed by atoms with E-state index in [2.05, 4.69) is 57.5 Å². The highest BCUT2D eigenvalue weighted by Crippen LogP contribution is 2.23. The molecule has 1 heterocycles. The molecule has 6 heteroatoms. The van der Waals surface area contributed by atoms with E-state index in [1.165, 1.54) is 12.8 Å². The first-order chi connectivity index (χ1) is 12.8. The summed E-state index contributed by atoms with van der Waals surface area (Å²) in [5.41, 5.74) is 0. The van der Waals surface area contributed by atoms with E-state index in [4.69, 9.17) is 10.2 Å². The summed E-state index contributed by atoms with van der Waals surface area (Å²) in [6.45, 7) is 15.6. The molecule has 1 amide bonds. The lowest BCUT2D eigenvalue weighted by Crippen LogP contribution is -2.36. The van der Waals surface area contributed by atoms with Crippen LogP contribution in [-0.4, -0.2) is 67.2 Å².